The summed E-state index contributed by atoms with van der Waals surface area (Å²) in [7, 11) is 0. The van der Waals surface area contributed by atoms with Gasteiger partial charge >= 0.3 is 6.03 Å². The van der Waals surface area contributed by atoms with Gasteiger partial charge in [0, 0.05) is 73.0 Å². The predicted octanol–water partition coefficient (Wildman–Crippen LogP) is -0.341. The second kappa shape index (κ2) is 27.1. The van der Waals surface area contributed by atoms with E-state index in [0.29, 0.717) is 52.4 Å². The average Bonchev–Trinajstić information content (AvgIpc) is 3.13. The number of nitrogens with one attached hydrogen (secondary N) is 3. The van der Waals surface area contributed by atoms with E-state index >= 15 is 0 Å². The Morgan fingerprint density at radius 2 is 1.56 bits per heavy atom. The fraction of sp³-hybridized carbons (Fsp3) is 0.769. The van der Waals surface area contributed by atoms with Crippen molar-refractivity contribution in [1.29, 1.82) is 0 Å². The van der Waals surface area contributed by atoms with E-state index in [0.717, 1.165) is 6.42 Å². The molecule has 5 N–H and O–H groups in total. The SMILES string of the molecule is CC1CC(=O)C(CCOCCOCCOCCC(=O)NC(C(=O)NC[C-]=O)C(C)C)C1=O.CCCNC(N)=O.[B].[Y]. The Hall–Kier alpha value is -1.73. The van der Waals surface area contributed by atoms with Crippen molar-refractivity contribution < 1.29 is 75.7 Å². The zero-order chi connectivity index (χ0) is 29.6. The molecule has 0 aromatic rings. The third-order valence-electron chi connectivity index (χ3n) is 5.64. The molecule has 230 valence electrons. The topological polar surface area (TPSA) is 192 Å². The first-order valence-electron chi connectivity index (χ1n) is 13.3. The second-order valence-electron chi connectivity index (χ2n) is 9.34. The molecule has 0 saturated heterocycles. The molecule has 1 saturated carbocycles. The van der Waals surface area contributed by atoms with Crippen molar-refractivity contribution in [3.05, 3.63) is 0 Å². The molecular formula is C26H45BN4O9Y-. The van der Waals surface area contributed by atoms with Crippen LogP contribution in [0.15, 0.2) is 0 Å². The van der Waals surface area contributed by atoms with E-state index in [1.165, 1.54) is 0 Å². The third-order valence-corrected chi connectivity index (χ3v) is 5.64. The van der Waals surface area contributed by atoms with Crippen LogP contribution in [0.1, 0.15) is 53.4 Å². The van der Waals surface area contributed by atoms with Gasteiger partial charge in [0.15, 0.2) is 0 Å². The normalized spacial score (nSPS) is 16.4. The summed E-state index contributed by atoms with van der Waals surface area (Å²) in [6.45, 7) is 9.67. The number of Topliss-reactive ketones (excluding diaryl/α,β-unsaturated/α-hetero) is 2. The fourth-order valence-electron chi connectivity index (χ4n) is 3.52. The molecule has 13 nitrogen and oxygen atoms in total. The minimum atomic E-state index is -0.729. The van der Waals surface area contributed by atoms with Gasteiger partial charge in [-0.1, -0.05) is 34.2 Å². The van der Waals surface area contributed by atoms with Crippen molar-refractivity contribution in [2.45, 2.75) is 59.4 Å². The second-order valence-corrected chi connectivity index (χ2v) is 9.34. The number of ketones is 2. The van der Waals surface area contributed by atoms with Crippen LogP contribution in [-0.4, -0.2) is 103 Å². The number of carbonyl (C=O) groups is 5. The van der Waals surface area contributed by atoms with Crippen LogP contribution in [-0.2, 0) is 70.9 Å². The van der Waals surface area contributed by atoms with Crippen LogP contribution < -0.4 is 21.7 Å². The molecule has 1 aliphatic carbocycles. The Morgan fingerprint density at radius 3 is 2.00 bits per heavy atom. The molecule has 4 amide bonds. The molecule has 15 heteroatoms. The van der Waals surface area contributed by atoms with Crippen LogP contribution in [0.3, 0.4) is 0 Å². The van der Waals surface area contributed by atoms with Crippen LogP contribution >= 0.6 is 0 Å². The molecule has 0 aromatic carbocycles. The van der Waals surface area contributed by atoms with Gasteiger partial charge in [-0.05, 0) is 18.8 Å². The Bertz CT molecular complexity index is 790. The van der Waals surface area contributed by atoms with Crippen molar-refractivity contribution in [3.63, 3.8) is 0 Å². The van der Waals surface area contributed by atoms with Crippen molar-refractivity contribution in [1.82, 2.24) is 16.0 Å². The minimum absolute atomic E-state index is 0. The summed E-state index contributed by atoms with van der Waals surface area (Å²) >= 11 is 0. The van der Waals surface area contributed by atoms with E-state index in [1.54, 1.807) is 27.1 Å². The Labute approximate surface area is 270 Å². The molecule has 0 bridgehead atoms. The van der Waals surface area contributed by atoms with E-state index < -0.39 is 23.9 Å². The van der Waals surface area contributed by atoms with Gasteiger partial charge in [-0.15, -0.1) is 0 Å². The van der Waals surface area contributed by atoms with Gasteiger partial charge in [0.05, 0.1) is 39.0 Å². The van der Waals surface area contributed by atoms with Crippen molar-refractivity contribution in [3.8, 4) is 0 Å². The van der Waals surface area contributed by atoms with Crippen LogP contribution in [0.4, 0.5) is 4.79 Å². The molecule has 0 heterocycles. The van der Waals surface area contributed by atoms with E-state index in [4.69, 9.17) is 19.9 Å². The van der Waals surface area contributed by atoms with Gasteiger partial charge in [-0.2, -0.15) is 0 Å². The third kappa shape index (κ3) is 21.6. The van der Waals surface area contributed by atoms with Crippen LogP contribution in [0.2, 0.25) is 0 Å². The number of nitrogens with two attached hydrogens (primary N) is 1. The van der Waals surface area contributed by atoms with Crippen LogP contribution in [0.5, 0.6) is 0 Å². The minimum Gasteiger partial charge on any atom is -0.540 e. The first-order valence-corrected chi connectivity index (χ1v) is 13.3. The summed E-state index contributed by atoms with van der Waals surface area (Å²) in [5.41, 5.74) is 4.73. The van der Waals surface area contributed by atoms with Crippen molar-refractivity contribution >= 4 is 44.1 Å². The summed E-state index contributed by atoms with van der Waals surface area (Å²) in [4.78, 5) is 67.6. The quantitative estimate of drug-likeness (QED) is 0.0623. The largest absolute Gasteiger partial charge is 0.540 e. The van der Waals surface area contributed by atoms with Gasteiger partial charge in [-0.3, -0.25) is 19.2 Å². The molecule has 4 radical (unpaired) electrons. The smallest absolute Gasteiger partial charge is 0.312 e. The van der Waals surface area contributed by atoms with Crippen LogP contribution in [0, 0.1) is 17.8 Å². The van der Waals surface area contributed by atoms with Gasteiger partial charge < -0.3 is 40.7 Å². The number of urea groups is 1. The van der Waals surface area contributed by atoms with E-state index in [-0.39, 0.29) is 90.0 Å². The van der Waals surface area contributed by atoms with Gasteiger partial charge in [0.25, 0.3) is 0 Å². The zero-order valence-electron chi connectivity index (χ0n) is 24.7. The molecular weight excluding hydrogens is 612 g/mol. The summed E-state index contributed by atoms with van der Waals surface area (Å²) in [6, 6.07) is -1.17. The molecule has 1 aliphatic rings. The number of primary amides is 1. The number of rotatable bonds is 19. The molecule has 3 unspecified atom stereocenters. The molecule has 1 fully saturated rings. The monoisotopic (exact) mass is 657 g/mol. The predicted molar refractivity (Wildman–Crippen MR) is 148 cm³/mol. The maximum atomic E-state index is 12.0. The summed E-state index contributed by atoms with van der Waals surface area (Å²) < 4.78 is 16.1. The number of hydrogen-bond acceptors (Lipinski definition) is 9. The Balaban J connectivity index is -0.00000142. The number of carbonyl (C=O) groups excluding carboxylic acids is 6. The number of amides is 4. The first kappa shape index (κ1) is 43.7. The molecule has 3 atom stereocenters. The maximum Gasteiger partial charge on any atom is 0.312 e. The van der Waals surface area contributed by atoms with E-state index in [2.05, 4.69) is 16.0 Å². The van der Waals surface area contributed by atoms with Crippen molar-refractivity contribution in [2.75, 3.05) is 52.7 Å². The zero-order valence-corrected chi connectivity index (χ0v) is 27.5. The number of ether oxygens (including phenoxy) is 3. The molecule has 41 heavy (non-hydrogen) atoms. The molecule has 0 aromatic heterocycles. The molecule has 0 spiro atoms. The maximum absolute atomic E-state index is 12.0. The van der Waals surface area contributed by atoms with Crippen LogP contribution in [0.25, 0.3) is 0 Å². The molecule has 0 aliphatic heterocycles. The summed E-state index contributed by atoms with van der Waals surface area (Å²) in [5.74, 6) is -1.55. The summed E-state index contributed by atoms with van der Waals surface area (Å²) in [6.07, 6.45) is 3.36. The van der Waals surface area contributed by atoms with Gasteiger partial charge in [0.2, 0.25) is 11.8 Å². The van der Waals surface area contributed by atoms with Gasteiger partial charge in [-0.25, -0.2) is 11.1 Å². The summed E-state index contributed by atoms with van der Waals surface area (Å²) in [5, 5.41) is 7.45. The fourth-order valence-corrected chi connectivity index (χ4v) is 3.52. The molecule has 1 rings (SSSR count). The van der Waals surface area contributed by atoms with E-state index in [1.807, 2.05) is 6.92 Å². The standard InChI is InChI=1S/C22H35N2O8.C4H10N2O.B.Y/c1-15(2)20(22(29)23-6-7-25)24-19(27)5-9-31-11-13-32-12-10-30-8-4-17-18(26)14-16(3)21(17)28;1-2-3-6-4(5)7;;/h15-17,20H,4-6,8-14H2,1-3H3,(H,23,29)(H,24,27);2-3H2,1H3,(H3,5,6,7);;/q-1;;;. The van der Waals surface area contributed by atoms with E-state index in [9.17, 15) is 28.8 Å². The number of hydrogen-bond donors (Lipinski definition) is 4. The average molecular weight is 657 g/mol. The Kier molecular flexibility index (Phi) is 28.9. The first-order chi connectivity index (χ1) is 18.5. The van der Waals surface area contributed by atoms with Crippen molar-refractivity contribution in [2.24, 2.45) is 23.5 Å². The van der Waals surface area contributed by atoms with Gasteiger partial charge in [0.1, 0.15) is 17.6 Å². The Morgan fingerprint density at radius 1 is 1.00 bits per heavy atom.